The minimum Gasteiger partial charge on any atom is -0.489 e. The molecule has 6 nitrogen and oxygen atoms in total. The minimum absolute atomic E-state index is 0.0212. The normalized spacial score (nSPS) is 18.6. The molecule has 2 heterocycles. The molecule has 1 aliphatic heterocycles. The molecule has 150 valence electrons. The highest BCUT2D eigenvalue weighted by Crippen LogP contribution is 2.29. The van der Waals surface area contributed by atoms with Crippen LogP contribution in [0.5, 0.6) is 5.75 Å². The van der Waals surface area contributed by atoms with E-state index < -0.39 is 0 Å². The maximum Gasteiger partial charge on any atom is 0.229 e. The monoisotopic (exact) mass is 394 g/mol. The van der Waals surface area contributed by atoms with Crippen LogP contribution in [0.1, 0.15) is 17.0 Å². The molecule has 0 saturated carbocycles. The molecular weight excluding hydrogens is 371 g/mol. The van der Waals surface area contributed by atoms with E-state index in [1.54, 1.807) is 16.8 Å². The summed E-state index contributed by atoms with van der Waals surface area (Å²) in [6.07, 6.45) is 3.78. The number of amides is 1. The molecular formula is C22H23FN4O2. The summed E-state index contributed by atoms with van der Waals surface area (Å²) in [7, 11) is 1.87. The van der Waals surface area contributed by atoms with Crippen LogP contribution in [0.2, 0.25) is 0 Å². The third-order valence-corrected chi connectivity index (χ3v) is 5.10. The molecule has 29 heavy (non-hydrogen) atoms. The highest BCUT2D eigenvalue weighted by atomic mass is 19.1. The van der Waals surface area contributed by atoms with Gasteiger partial charge in [0, 0.05) is 44.0 Å². The number of hydrogen-bond acceptors (Lipinski definition) is 4. The highest BCUT2D eigenvalue weighted by Gasteiger charge is 2.34. The van der Waals surface area contributed by atoms with Crippen LogP contribution < -0.4 is 15.4 Å². The van der Waals surface area contributed by atoms with Crippen LogP contribution in [0, 0.1) is 11.7 Å². The number of carbonyl (C=O) groups is 1. The van der Waals surface area contributed by atoms with Gasteiger partial charge in [-0.15, -0.1) is 0 Å². The van der Waals surface area contributed by atoms with Gasteiger partial charge in [-0.3, -0.25) is 9.48 Å². The Kier molecular flexibility index (Phi) is 5.57. The van der Waals surface area contributed by atoms with Gasteiger partial charge in [-0.1, -0.05) is 18.2 Å². The molecule has 1 fully saturated rings. The van der Waals surface area contributed by atoms with Gasteiger partial charge in [0.25, 0.3) is 0 Å². The fourth-order valence-electron chi connectivity index (χ4n) is 3.63. The van der Waals surface area contributed by atoms with Gasteiger partial charge in [0.1, 0.15) is 18.2 Å². The summed E-state index contributed by atoms with van der Waals surface area (Å²) in [5.74, 6) is 0.0503. The third-order valence-electron chi connectivity index (χ3n) is 5.10. The van der Waals surface area contributed by atoms with Gasteiger partial charge in [0.15, 0.2) is 0 Å². The number of ether oxygens (including phenoxy) is 1. The van der Waals surface area contributed by atoms with E-state index in [9.17, 15) is 9.18 Å². The molecule has 7 heteroatoms. The number of halogens is 1. The predicted molar refractivity (Wildman–Crippen MR) is 108 cm³/mol. The van der Waals surface area contributed by atoms with Crippen LogP contribution in [0.25, 0.3) is 0 Å². The Balaban J connectivity index is 1.40. The molecule has 1 saturated heterocycles. The smallest absolute Gasteiger partial charge is 0.229 e. The van der Waals surface area contributed by atoms with E-state index in [0.29, 0.717) is 18.0 Å². The number of nitrogens with one attached hydrogen (secondary N) is 2. The first-order valence-electron chi connectivity index (χ1n) is 9.56. The molecule has 2 N–H and O–H groups in total. The molecule has 3 aromatic rings. The van der Waals surface area contributed by atoms with Crippen LogP contribution in [0.15, 0.2) is 60.9 Å². The van der Waals surface area contributed by atoms with Crippen molar-refractivity contribution >= 4 is 11.6 Å². The van der Waals surface area contributed by atoms with Crippen molar-refractivity contribution in [2.75, 3.05) is 18.4 Å². The molecule has 0 aliphatic carbocycles. The van der Waals surface area contributed by atoms with E-state index in [4.69, 9.17) is 4.74 Å². The average Bonchev–Trinajstić information content (AvgIpc) is 3.35. The summed E-state index contributed by atoms with van der Waals surface area (Å²) < 4.78 is 20.7. The zero-order chi connectivity index (χ0) is 20.2. The van der Waals surface area contributed by atoms with Gasteiger partial charge >= 0.3 is 0 Å². The summed E-state index contributed by atoms with van der Waals surface area (Å²) in [5.41, 5.74) is 2.67. The van der Waals surface area contributed by atoms with Crippen LogP contribution in [-0.4, -0.2) is 28.8 Å². The first-order valence-corrected chi connectivity index (χ1v) is 9.56. The molecule has 0 bridgehead atoms. The topological polar surface area (TPSA) is 68.2 Å². The third kappa shape index (κ3) is 4.63. The lowest BCUT2D eigenvalue weighted by Gasteiger charge is -2.17. The second-order valence-corrected chi connectivity index (χ2v) is 7.25. The van der Waals surface area contributed by atoms with Crippen molar-refractivity contribution in [3.05, 3.63) is 77.9 Å². The maximum absolute atomic E-state index is 13.3. The fourth-order valence-corrected chi connectivity index (χ4v) is 3.63. The molecule has 1 aliphatic rings. The van der Waals surface area contributed by atoms with Crippen molar-refractivity contribution < 1.29 is 13.9 Å². The van der Waals surface area contributed by atoms with Crippen LogP contribution in [-0.2, 0) is 18.4 Å². The van der Waals surface area contributed by atoms with Crippen molar-refractivity contribution in [3.63, 3.8) is 0 Å². The Morgan fingerprint density at radius 2 is 2.14 bits per heavy atom. The number of aryl methyl sites for hydroxylation is 1. The highest BCUT2D eigenvalue weighted by molar-refractivity contribution is 5.93. The lowest BCUT2D eigenvalue weighted by atomic mass is 9.90. The predicted octanol–water partition coefficient (Wildman–Crippen LogP) is 3.08. The lowest BCUT2D eigenvalue weighted by Crippen LogP contribution is -2.28. The Labute approximate surface area is 168 Å². The number of rotatable bonds is 6. The number of anilines is 1. The molecule has 0 spiro atoms. The van der Waals surface area contributed by atoms with Gasteiger partial charge in [-0.2, -0.15) is 5.10 Å². The van der Waals surface area contributed by atoms with Crippen molar-refractivity contribution in [3.8, 4) is 5.75 Å². The molecule has 0 unspecified atom stereocenters. The Hall–Kier alpha value is -3.19. The van der Waals surface area contributed by atoms with E-state index in [-0.39, 0.29) is 30.2 Å². The average molecular weight is 394 g/mol. The van der Waals surface area contributed by atoms with Crippen molar-refractivity contribution in [1.82, 2.24) is 15.1 Å². The zero-order valence-corrected chi connectivity index (χ0v) is 16.1. The number of benzene rings is 2. The van der Waals surface area contributed by atoms with E-state index in [1.807, 2.05) is 43.7 Å². The largest absolute Gasteiger partial charge is 0.489 e. The van der Waals surface area contributed by atoms with E-state index in [0.717, 1.165) is 17.7 Å². The molecule has 2 atom stereocenters. The molecule has 0 radical (unpaired) electrons. The van der Waals surface area contributed by atoms with Crippen molar-refractivity contribution in [2.45, 2.75) is 12.5 Å². The van der Waals surface area contributed by atoms with Crippen molar-refractivity contribution in [2.24, 2.45) is 13.0 Å². The molecule has 2 aromatic carbocycles. The van der Waals surface area contributed by atoms with E-state index in [2.05, 4.69) is 15.7 Å². The van der Waals surface area contributed by atoms with Crippen LogP contribution >= 0.6 is 0 Å². The maximum atomic E-state index is 13.3. The van der Waals surface area contributed by atoms with Gasteiger partial charge in [0.05, 0.1) is 12.1 Å². The van der Waals surface area contributed by atoms with Gasteiger partial charge in [-0.25, -0.2) is 4.39 Å². The Bertz CT molecular complexity index is 1000. The first-order chi connectivity index (χ1) is 14.1. The standard InChI is InChI=1S/C22H23FN4O2/c1-27-13-16(10-25-27)20-11-24-12-21(20)22(28)26-18-6-2-4-15(8-18)14-29-19-7-3-5-17(23)9-19/h2-10,13,20-21,24H,11-12,14H2,1H3,(H,26,28)/t20-,21+/m1/s1. The summed E-state index contributed by atoms with van der Waals surface area (Å²) >= 11 is 0. The lowest BCUT2D eigenvalue weighted by molar-refractivity contribution is -0.119. The molecule has 1 aromatic heterocycles. The first kappa shape index (κ1) is 19.1. The Morgan fingerprint density at radius 3 is 2.93 bits per heavy atom. The molecule has 1 amide bonds. The second kappa shape index (κ2) is 8.45. The summed E-state index contributed by atoms with van der Waals surface area (Å²) in [6, 6.07) is 13.5. The summed E-state index contributed by atoms with van der Waals surface area (Å²) in [5, 5.41) is 10.5. The summed E-state index contributed by atoms with van der Waals surface area (Å²) in [6.45, 7) is 1.68. The summed E-state index contributed by atoms with van der Waals surface area (Å²) in [4.78, 5) is 12.9. The van der Waals surface area contributed by atoms with Crippen LogP contribution in [0.4, 0.5) is 10.1 Å². The second-order valence-electron chi connectivity index (χ2n) is 7.25. The van der Waals surface area contributed by atoms with Gasteiger partial charge < -0.3 is 15.4 Å². The van der Waals surface area contributed by atoms with E-state index in [1.165, 1.54) is 12.1 Å². The Morgan fingerprint density at radius 1 is 1.28 bits per heavy atom. The SMILES string of the molecule is Cn1cc([C@H]2CNC[C@@H]2C(=O)Nc2cccc(COc3cccc(F)c3)c2)cn1. The number of aromatic nitrogens is 2. The van der Waals surface area contributed by atoms with Gasteiger partial charge in [-0.05, 0) is 35.4 Å². The van der Waals surface area contributed by atoms with E-state index >= 15 is 0 Å². The number of hydrogen-bond donors (Lipinski definition) is 2. The number of nitrogens with zero attached hydrogens (tertiary/aromatic N) is 2. The van der Waals surface area contributed by atoms with Gasteiger partial charge in [0.2, 0.25) is 5.91 Å². The van der Waals surface area contributed by atoms with Crippen LogP contribution in [0.3, 0.4) is 0 Å². The zero-order valence-electron chi connectivity index (χ0n) is 16.1. The van der Waals surface area contributed by atoms with Crippen molar-refractivity contribution in [1.29, 1.82) is 0 Å². The quantitative estimate of drug-likeness (QED) is 0.674. The molecule has 4 rings (SSSR count). The minimum atomic E-state index is -0.336. The fraction of sp³-hybridized carbons (Fsp3) is 0.273. The number of carbonyl (C=O) groups excluding carboxylic acids is 1.